The smallest absolute Gasteiger partial charge is 0.317 e. The van der Waals surface area contributed by atoms with Crippen LogP contribution in [0.5, 0.6) is 11.5 Å². The van der Waals surface area contributed by atoms with Gasteiger partial charge in [-0.3, -0.25) is 4.79 Å². The van der Waals surface area contributed by atoms with Gasteiger partial charge in [-0.1, -0.05) is 25.5 Å². The topological polar surface area (TPSA) is 79.9 Å². The number of piperidine rings is 1. The van der Waals surface area contributed by atoms with Gasteiger partial charge in [0.05, 0.1) is 31.9 Å². The fraction of sp³-hybridized carbons (Fsp3) is 0.462. The van der Waals surface area contributed by atoms with E-state index in [0.29, 0.717) is 42.1 Å². The molecule has 184 valence electrons. The Balaban J connectivity index is 1.78. The first-order valence-electron chi connectivity index (χ1n) is 11.7. The van der Waals surface area contributed by atoms with Gasteiger partial charge in [-0.2, -0.15) is 0 Å². The Morgan fingerprint density at radius 1 is 1.12 bits per heavy atom. The number of likely N-dealkylation sites (tertiary alicyclic amines) is 1. The number of methoxy groups -OCH3 is 2. The number of aryl methyl sites for hydroxylation is 1. The van der Waals surface area contributed by atoms with Gasteiger partial charge in [-0.15, -0.1) is 0 Å². The summed E-state index contributed by atoms with van der Waals surface area (Å²) < 4.78 is 24.4. The molecule has 0 unspecified atom stereocenters. The number of carbonyl (C=O) groups excluding carboxylic acids is 2. The van der Waals surface area contributed by atoms with Gasteiger partial charge in [0, 0.05) is 19.2 Å². The fourth-order valence-electron chi connectivity index (χ4n) is 4.24. The van der Waals surface area contributed by atoms with Crippen LogP contribution in [-0.2, 0) is 4.79 Å². The highest BCUT2D eigenvalue weighted by Gasteiger charge is 2.36. The van der Waals surface area contributed by atoms with Crippen LogP contribution in [0.1, 0.15) is 49.8 Å². The van der Waals surface area contributed by atoms with Gasteiger partial charge in [0.15, 0.2) is 0 Å². The van der Waals surface area contributed by atoms with Crippen LogP contribution in [0, 0.1) is 18.7 Å². The molecule has 34 heavy (non-hydrogen) atoms. The second kappa shape index (κ2) is 11.7. The van der Waals surface area contributed by atoms with Crippen LogP contribution in [0.4, 0.5) is 14.9 Å². The van der Waals surface area contributed by atoms with E-state index in [-0.39, 0.29) is 36.3 Å². The number of anilines is 1. The first kappa shape index (κ1) is 25.3. The lowest BCUT2D eigenvalue weighted by molar-refractivity contribution is -0.121. The van der Waals surface area contributed by atoms with E-state index in [1.807, 2.05) is 0 Å². The molecule has 1 heterocycles. The maximum atomic E-state index is 13.8. The molecule has 2 N–H and O–H groups in total. The highest BCUT2D eigenvalue weighted by molar-refractivity contribution is 5.94. The van der Waals surface area contributed by atoms with Crippen molar-refractivity contribution in [2.24, 2.45) is 5.92 Å². The number of amides is 3. The largest absolute Gasteiger partial charge is 0.497 e. The van der Waals surface area contributed by atoms with Crippen LogP contribution in [0.15, 0.2) is 36.4 Å². The van der Waals surface area contributed by atoms with Crippen molar-refractivity contribution in [3.8, 4) is 11.5 Å². The summed E-state index contributed by atoms with van der Waals surface area (Å²) in [5.74, 6) is 0.284. The molecule has 1 fully saturated rings. The van der Waals surface area contributed by atoms with E-state index in [2.05, 4.69) is 17.6 Å². The Labute approximate surface area is 200 Å². The number of hydrogen-bond donors (Lipinski definition) is 2. The molecule has 0 bridgehead atoms. The summed E-state index contributed by atoms with van der Waals surface area (Å²) in [6, 6.07) is 9.71. The van der Waals surface area contributed by atoms with Crippen molar-refractivity contribution in [1.29, 1.82) is 0 Å². The van der Waals surface area contributed by atoms with Crippen molar-refractivity contribution in [2.45, 2.75) is 45.6 Å². The third kappa shape index (κ3) is 5.98. The SMILES string of the molecule is CCCCNC(=O)N1C[C@H](C(=O)Nc2ccc(OC)cc2OC)CC[C@@H]1c1ccc(F)c(C)c1. The number of unbranched alkanes of at least 4 members (excludes halogenated alkanes) is 1. The van der Waals surface area contributed by atoms with Gasteiger partial charge in [0.1, 0.15) is 17.3 Å². The number of rotatable bonds is 8. The Bertz CT molecular complexity index is 1010. The van der Waals surface area contributed by atoms with Crippen molar-refractivity contribution in [2.75, 3.05) is 32.6 Å². The van der Waals surface area contributed by atoms with E-state index in [0.717, 1.165) is 18.4 Å². The van der Waals surface area contributed by atoms with Gasteiger partial charge < -0.3 is 25.0 Å². The van der Waals surface area contributed by atoms with E-state index in [1.54, 1.807) is 49.3 Å². The lowest BCUT2D eigenvalue weighted by Crippen LogP contribution is -2.49. The molecule has 8 heteroatoms. The van der Waals surface area contributed by atoms with Gasteiger partial charge >= 0.3 is 6.03 Å². The summed E-state index contributed by atoms with van der Waals surface area (Å²) in [7, 11) is 3.09. The van der Waals surface area contributed by atoms with Gasteiger partial charge in [-0.25, -0.2) is 9.18 Å². The van der Waals surface area contributed by atoms with Crippen molar-refractivity contribution >= 4 is 17.6 Å². The minimum absolute atomic E-state index is 0.177. The van der Waals surface area contributed by atoms with E-state index in [1.165, 1.54) is 13.2 Å². The Morgan fingerprint density at radius 3 is 2.59 bits per heavy atom. The maximum absolute atomic E-state index is 13.8. The Kier molecular flexibility index (Phi) is 8.73. The molecule has 0 aliphatic carbocycles. The quantitative estimate of drug-likeness (QED) is 0.528. The van der Waals surface area contributed by atoms with Crippen molar-refractivity contribution in [3.05, 3.63) is 53.3 Å². The molecule has 2 aromatic carbocycles. The van der Waals surface area contributed by atoms with E-state index in [9.17, 15) is 14.0 Å². The molecule has 0 saturated carbocycles. The first-order chi connectivity index (χ1) is 16.4. The fourth-order valence-corrected chi connectivity index (χ4v) is 4.24. The third-order valence-electron chi connectivity index (χ3n) is 6.25. The van der Waals surface area contributed by atoms with Crippen LogP contribution in [0.3, 0.4) is 0 Å². The molecule has 1 aliphatic heterocycles. The predicted octanol–water partition coefficient (Wildman–Crippen LogP) is 5.05. The third-order valence-corrected chi connectivity index (χ3v) is 6.25. The number of carbonyl (C=O) groups is 2. The number of benzene rings is 2. The lowest BCUT2D eigenvalue weighted by Gasteiger charge is -2.39. The summed E-state index contributed by atoms with van der Waals surface area (Å²) in [5, 5.41) is 5.90. The van der Waals surface area contributed by atoms with Gasteiger partial charge in [0.25, 0.3) is 0 Å². The average molecular weight is 472 g/mol. The zero-order valence-electron chi connectivity index (χ0n) is 20.3. The lowest BCUT2D eigenvalue weighted by atomic mass is 9.88. The molecule has 0 radical (unpaired) electrons. The molecular formula is C26H34FN3O4. The number of nitrogens with zero attached hydrogens (tertiary/aromatic N) is 1. The van der Waals surface area contributed by atoms with Crippen LogP contribution in [0.2, 0.25) is 0 Å². The Morgan fingerprint density at radius 2 is 1.91 bits per heavy atom. The van der Waals surface area contributed by atoms with Crippen LogP contribution in [-0.4, -0.2) is 44.1 Å². The van der Waals surface area contributed by atoms with Crippen LogP contribution in [0.25, 0.3) is 0 Å². The monoisotopic (exact) mass is 471 g/mol. The minimum Gasteiger partial charge on any atom is -0.497 e. The second-order valence-corrected chi connectivity index (χ2v) is 8.59. The number of halogens is 1. The molecule has 3 rings (SSSR count). The number of urea groups is 1. The highest BCUT2D eigenvalue weighted by Crippen LogP contribution is 2.36. The molecule has 0 spiro atoms. The van der Waals surface area contributed by atoms with Gasteiger partial charge in [-0.05, 0) is 55.5 Å². The number of ether oxygens (including phenoxy) is 2. The number of hydrogen-bond acceptors (Lipinski definition) is 4. The summed E-state index contributed by atoms with van der Waals surface area (Å²) in [6.07, 6.45) is 3.05. The van der Waals surface area contributed by atoms with E-state index >= 15 is 0 Å². The highest BCUT2D eigenvalue weighted by atomic mass is 19.1. The molecule has 3 amide bonds. The van der Waals surface area contributed by atoms with Crippen molar-refractivity contribution in [3.63, 3.8) is 0 Å². The molecule has 2 aromatic rings. The van der Waals surface area contributed by atoms with Crippen molar-refractivity contribution < 1.29 is 23.5 Å². The molecule has 1 saturated heterocycles. The second-order valence-electron chi connectivity index (χ2n) is 8.59. The standard InChI is InChI=1S/C26H34FN3O4/c1-5-6-13-28-26(32)30-16-19(8-12-23(30)18-7-10-21(27)17(2)14-18)25(31)29-22-11-9-20(33-3)15-24(22)34-4/h7,9-11,14-15,19,23H,5-6,8,12-13,16H2,1-4H3,(H,28,32)(H,29,31)/t19-,23-/m1/s1. The minimum atomic E-state index is -0.387. The summed E-state index contributed by atoms with van der Waals surface area (Å²) in [6.45, 7) is 4.61. The Hall–Kier alpha value is -3.29. The average Bonchev–Trinajstić information content (AvgIpc) is 2.85. The van der Waals surface area contributed by atoms with E-state index < -0.39 is 0 Å². The zero-order valence-corrected chi connectivity index (χ0v) is 20.3. The molecule has 1 aliphatic rings. The molecule has 0 aromatic heterocycles. The number of nitrogens with one attached hydrogen (secondary N) is 2. The maximum Gasteiger partial charge on any atom is 0.317 e. The summed E-state index contributed by atoms with van der Waals surface area (Å²) in [4.78, 5) is 27.9. The first-order valence-corrected chi connectivity index (χ1v) is 11.7. The van der Waals surface area contributed by atoms with E-state index in [4.69, 9.17) is 9.47 Å². The molecular weight excluding hydrogens is 437 g/mol. The van der Waals surface area contributed by atoms with Gasteiger partial charge in [0.2, 0.25) is 5.91 Å². The summed E-state index contributed by atoms with van der Waals surface area (Å²) in [5.41, 5.74) is 1.96. The van der Waals surface area contributed by atoms with Crippen LogP contribution < -0.4 is 20.1 Å². The van der Waals surface area contributed by atoms with Crippen molar-refractivity contribution in [1.82, 2.24) is 10.2 Å². The predicted molar refractivity (Wildman–Crippen MR) is 130 cm³/mol. The molecule has 7 nitrogen and oxygen atoms in total. The molecule has 2 atom stereocenters. The summed E-state index contributed by atoms with van der Waals surface area (Å²) >= 11 is 0. The normalized spacial score (nSPS) is 17.7. The zero-order chi connectivity index (χ0) is 24.7. The van der Waals surface area contributed by atoms with Crippen LogP contribution >= 0.6 is 0 Å².